The summed E-state index contributed by atoms with van der Waals surface area (Å²) in [6.45, 7) is 0. The molecule has 3 aromatic carbocycles. The fourth-order valence-corrected chi connectivity index (χ4v) is 3.18. The van der Waals surface area contributed by atoms with Crippen molar-refractivity contribution in [3.63, 3.8) is 0 Å². The lowest BCUT2D eigenvalue weighted by Gasteiger charge is -2.11. The van der Waals surface area contributed by atoms with E-state index in [9.17, 15) is 4.79 Å². The molecule has 1 N–H and O–H groups in total. The molecule has 0 fully saturated rings. The van der Waals surface area contributed by atoms with Gasteiger partial charge in [-0.05, 0) is 41.1 Å². The molecule has 4 heteroatoms. The van der Waals surface area contributed by atoms with Gasteiger partial charge in [-0.15, -0.1) is 0 Å². The minimum atomic E-state index is -0.108. The van der Waals surface area contributed by atoms with Gasteiger partial charge >= 0.3 is 0 Å². The van der Waals surface area contributed by atoms with E-state index in [-0.39, 0.29) is 5.91 Å². The van der Waals surface area contributed by atoms with Gasteiger partial charge in [-0.1, -0.05) is 30.3 Å². The van der Waals surface area contributed by atoms with Crippen LogP contribution in [0, 0.1) is 0 Å². The SMILES string of the molecule is COc1ccc2ccc(OC)c(/C=C3/C(=O)Nc4ccccc43)c2c1. The van der Waals surface area contributed by atoms with E-state index in [1.54, 1.807) is 14.2 Å². The molecular weight excluding hydrogens is 314 g/mol. The topological polar surface area (TPSA) is 47.6 Å². The first-order valence-electron chi connectivity index (χ1n) is 7.98. The number of rotatable bonds is 3. The zero-order valence-electron chi connectivity index (χ0n) is 14.0. The number of ether oxygens (including phenoxy) is 2. The van der Waals surface area contributed by atoms with E-state index in [1.807, 2.05) is 60.7 Å². The molecule has 4 rings (SSSR count). The number of nitrogens with one attached hydrogen (secondary N) is 1. The second kappa shape index (κ2) is 5.98. The van der Waals surface area contributed by atoms with E-state index in [0.29, 0.717) is 11.3 Å². The Morgan fingerprint density at radius 3 is 2.56 bits per heavy atom. The Labute approximate surface area is 145 Å². The summed E-state index contributed by atoms with van der Waals surface area (Å²) >= 11 is 0. The van der Waals surface area contributed by atoms with Gasteiger partial charge < -0.3 is 14.8 Å². The first-order valence-corrected chi connectivity index (χ1v) is 7.98. The van der Waals surface area contributed by atoms with Crippen LogP contribution in [0.15, 0.2) is 54.6 Å². The molecule has 0 unspecified atom stereocenters. The van der Waals surface area contributed by atoms with Crippen LogP contribution in [-0.2, 0) is 4.79 Å². The van der Waals surface area contributed by atoms with Gasteiger partial charge in [0.25, 0.3) is 5.91 Å². The van der Waals surface area contributed by atoms with Crippen molar-refractivity contribution in [3.05, 3.63) is 65.7 Å². The summed E-state index contributed by atoms with van der Waals surface area (Å²) in [5, 5.41) is 4.93. The number of hydrogen-bond acceptors (Lipinski definition) is 3. The third-order valence-electron chi connectivity index (χ3n) is 4.45. The number of fused-ring (bicyclic) bond motifs is 2. The highest BCUT2D eigenvalue weighted by atomic mass is 16.5. The Morgan fingerprint density at radius 1 is 0.960 bits per heavy atom. The summed E-state index contributed by atoms with van der Waals surface area (Å²) in [6.07, 6.45) is 1.89. The summed E-state index contributed by atoms with van der Waals surface area (Å²) in [4.78, 5) is 12.4. The van der Waals surface area contributed by atoms with Crippen molar-refractivity contribution in [2.45, 2.75) is 0 Å². The molecule has 0 bridgehead atoms. The van der Waals surface area contributed by atoms with Crippen molar-refractivity contribution >= 4 is 34.0 Å². The molecule has 1 aliphatic heterocycles. The van der Waals surface area contributed by atoms with E-state index >= 15 is 0 Å². The molecule has 0 aromatic heterocycles. The number of benzene rings is 3. The molecule has 0 aliphatic carbocycles. The van der Waals surface area contributed by atoms with Crippen LogP contribution in [-0.4, -0.2) is 20.1 Å². The third-order valence-corrected chi connectivity index (χ3v) is 4.45. The average Bonchev–Trinajstić information content (AvgIpc) is 2.97. The normalized spacial score (nSPS) is 14.5. The summed E-state index contributed by atoms with van der Waals surface area (Å²) in [5.41, 5.74) is 3.22. The lowest BCUT2D eigenvalue weighted by molar-refractivity contribution is -0.110. The zero-order chi connectivity index (χ0) is 17.4. The van der Waals surface area contributed by atoms with Crippen LogP contribution in [0.25, 0.3) is 22.4 Å². The number of hydrogen-bond donors (Lipinski definition) is 1. The Kier molecular flexibility index (Phi) is 3.65. The number of carbonyl (C=O) groups excluding carboxylic acids is 1. The van der Waals surface area contributed by atoms with E-state index in [2.05, 4.69) is 5.32 Å². The molecule has 0 spiro atoms. The van der Waals surface area contributed by atoms with E-state index in [0.717, 1.165) is 33.3 Å². The second-order valence-corrected chi connectivity index (χ2v) is 5.83. The lowest BCUT2D eigenvalue weighted by Crippen LogP contribution is -2.03. The number of carbonyl (C=O) groups is 1. The highest BCUT2D eigenvalue weighted by Crippen LogP contribution is 2.37. The van der Waals surface area contributed by atoms with Crippen molar-refractivity contribution in [1.82, 2.24) is 0 Å². The highest BCUT2D eigenvalue weighted by molar-refractivity contribution is 6.35. The molecule has 1 amide bonds. The van der Waals surface area contributed by atoms with Gasteiger partial charge in [0, 0.05) is 22.4 Å². The van der Waals surface area contributed by atoms with Crippen LogP contribution in [0.1, 0.15) is 11.1 Å². The third kappa shape index (κ3) is 2.52. The Balaban J connectivity index is 1.98. The predicted molar refractivity (Wildman–Crippen MR) is 100.0 cm³/mol. The number of anilines is 1. The van der Waals surface area contributed by atoms with Crippen molar-refractivity contribution in [2.75, 3.05) is 19.5 Å². The summed E-state index contributed by atoms with van der Waals surface area (Å²) in [6, 6.07) is 17.5. The Morgan fingerprint density at radius 2 is 1.76 bits per heavy atom. The number of amides is 1. The molecule has 0 saturated heterocycles. The fraction of sp³-hybridized carbons (Fsp3) is 0.0952. The molecular formula is C21H17NO3. The summed E-state index contributed by atoms with van der Waals surface area (Å²) in [5.74, 6) is 1.37. The average molecular weight is 331 g/mol. The zero-order valence-corrected chi connectivity index (χ0v) is 14.0. The van der Waals surface area contributed by atoms with Gasteiger partial charge in [-0.3, -0.25) is 4.79 Å². The van der Waals surface area contributed by atoms with Gasteiger partial charge in [0.15, 0.2) is 0 Å². The van der Waals surface area contributed by atoms with Gasteiger partial charge in [-0.2, -0.15) is 0 Å². The first kappa shape index (κ1) is 15.3. The maximum absolute atomic E-state index is 12.4. The van der Waals surface area contributed by atoms with E-state index < -0.39 is 0 Å². The van der Waals surface area contributed by atoms with E-state index in [4.69, 9.17) is 9.47 Å². The quantitative estimate of drug-likeness (QED) is 0.726. The van der Waals surface area contributed by atoms with Crippen LogP contribution in [0.3, 0.4) is 0 Å². The van der Waals surface area contributed by atoms with Gasteiger partial charge in [0.05, 0.1) is 14.2 Å². The van der Waals surface area contributed by atoms with Crippen molar-refractivity contribution < 1.29 is 14.3 Å². The van der Waals surface area contributed by atoms with Crippen LogP contribution in [0.5, 0.6) is 11.5 Å². The molecule has 0 atom stereocenters. The van der Waals surface area contributed by atoms with E-state index in [1.165, 1.54) is 0 Å². The number of para-hydroxylation sites is 1. The molecule has 0 saturated carbocycles. The molecule has 3 aromatic rings. The van der Waals surface area contributed by atoms with Crippen LogP contribution in [0.4, 0.5) is 5.69 Å². The van der Waals surface area contributed by atoms with Crippen molar-refractivity contribution in [2.24, 2.45) is 0 Å². The number of methoxy groups -OCH3 is 2. The van der Waals surface area contributed by atoms with Crippen LogP contribution < -0.4 is 14.8 Å². The molecule has 1 heterocycles. The fourth-order valence-electron chi connectivity index (χ4n) is 3.18. The van der Waals surface area contributed by atoms with Crippen molar-refractivity contribution in [1.29, 1.82) is 0 Å². The Hall–Kier alpha value is -3.27. The molecule has 124 valence electrons. The predicted octanol–water partition coefficient (Wildman–Crippen LogP) is 4.35. The standard InChI is InChI=1S/C21H17NO3/c1-24-14-9-7-13-8-10-20(25-2)17(16(13)11-14)12-18-15-5-3-4-6-19(15)22-21(18)23/h3-12H,1-2H3,(H,22,23)/b18-12+. The molecule has 0 radical (unpaired) electrons. The molecule has 25 heavy (non-hydrogen) atoms. The largest absolute Gasteiger partial charge is 0.497 e. The minimum absolute atomic E-state index is 0.108. The summed E-state index contributed by atoms with van der Waals surface area (Å²) in [7, 11) is 3.27. The first-order chi connectivity index (χ1) is 12.2. The molecule has 4 nitrogen and oxygen atoms in total. The maximum atomic E-state index is 12.4. The second-order valence-electron chi connectivity index (χ2n) is 5.83. The van der Waals surface area contributed by atoms with Crippen LogP contribution >= 0.6 is 0 Å². The highest BCUT2D eigenvalue weighted by Gasteiger charge is 2.24. The van der Waals surface area contributed by atoms with Gasteiger partial charge in [0.1, 0.15) is 11.5 Å². The van der Waals surface area contributed by atoms with Crippen molar-refractivity contribution in [3.8, 4) is 11.5 Å². The van der Waals surface area contributed by atoms with Gasteiger partial charge in [-0.25, -0.2) is 0 Å². The maximum Gasteiger partial charge on any atom is 0.256 e. The van der Waals surface area contributed by atoms with Crippen LogP contribution in [0.2, 0.25) is 0 Å². The van der Waals surface area contributed by atoms with Gasteiger partial charge in [0.2, 0.25) is 0 Å². The molecule has 1 aliphatic rings. The summed E-state index contributed by atoms with van der Waals surface area (Å²) < 4.78 is 10.9. The minimum Gasteiger partial charge on any atom is -0.497 e. The monoisotopic (exact) mass is 331 g/mol. The lowest BCUT2D eigenvalue weighted by atomic mass is 9.98. The Bertz CT molecular complexity index is 1020. The smallest absolute Gasteiger partial charge is 0.256 e.